The van der Waals surface area contributed by atoms with Gasteiger partial charge in [0.1, 0.15) is 0 Å². The quantitative estimate of drug-likeness (QED) is 0.654. The van der Waals surface area contributed by atoms with Crippen molar-refractivity contribution >= 4 is 0 Å². The molecule has 4 heteroatoms. The Bertz CT molecular complexity index is 419. The Morgan fingerprint density at radius 3 is 2.77 bits per heavy atom. The Balaban J connectivity index is 2.46. The largest absolute Gasteiger partial charge is 0.237 e. The Morgan fingerprint density at radius 2 is 2.15 bits per heavy atom. The van der Waals surface area contributed by atoms with Crippen molar-refractivity contribution in [2.75, 3.05) is 0 Å². The zero-order valence-electron chi connectivity index (χ0n) is 7.60. The molecule has 0 amide bonds. The number of aryl methyl sites for hydroxylation is 2. The predicted molar refractivity (Wildman–Crippen MR) is 48.6 cm³/mol. The summed E-state index contributed by atoms with van der Waals surface area (Å²) in [6.07, 6.45) is 3.61. The van der Waals surface area contributed by atoms with Crippen LogP contribution in [0.1, 0.15) is 11.3 Å². The molecule has 0 radical (unpaired) electrons. The van der Waals surface area contributed by atoms with Crippen molar-refractivity contribution in [2.45, 2.75) is 13.8 Å². The fraction of sp³-hybridized carbons (Fsp3) is 0.222. The van der Waals surface area contributed by atoms with Gasteiger partial charge in [-0.3, -0.25) is 0 Å². The van der Waals surface area contributed by atoms with Crippen molar-refractivity contribution in [1.82, 2.24) is 20.0 Å². The minimum absolute atomic E-state index is 0.806. The van der Waals surface area contributed by atoms with Crippen LogP contribution in [0.5, 0.6) is 0 Å². The summed E-state index contributed by atoms with van der Waals surface area (Å²) in [5.74, 6) is 0.806. The maximum atomic E-state index is 4.18. The van der Waals surface area contributed by atoms with Gasteiger partial charge in [0, 0.05) is 6.20 Å². The SMILES string of the molecule is Cc1ccnc(-n2cc(C)nn2)c1. The van der Waals surface area contributed by atoms with Crippen LogP contribution in [0.3, 0.4) is 0 Å². The van der Waals surface area contributed by atoms with Crippen molar-refractivity contribution in [2.24, 2.45) is 0 Å². The van der Waals surface area contributed by atoms with Gasteiger partial charge in [0.15, 0.2) is 5.82 Å². The molecule has 0 aliphatic carbocycles. The molecule has 0 N–H and O–H groups in total. The molecule has 0 bridgehead atoms. The van der Waals surface area contributed by atoms with E-state index in [1.54, 1.807) is 10.9 Å². The van der Waals surface area contributed by atoms with Crippen LogP contribution in [-0.2, 0) is 0 Å². The number of aromatic nitrogens is 4. The summed E-state index contributed by atoms with van der Waals surface area (Å²) in [7, 11) is 0. The van der Waals surface area contributed by atoms with E-state index in [-0.39, 0.29) is 0 Å². The second-order valence-corrected chi connectivity index (χ2v) is 3.00. The molecule has 0 saturated carbocycles. The first-order valence-electron chi connectivity index (χ1n) is 4.08. The van der Waals surface area contributed by atoms with Crippen molar-refractivity contribution in [3.05, 3.63) is 35.8 Å². The third-order valence-electron chi connectivity index (χ3n) is 1.74. The Labute approximate surface area is 76.2 Å². The molecular weight excluding hydrogens is 164 g/mol. The number of hydrogen-bond acceptors (Lipinski definition) is 3. The van der Waals surface area contributed by atoms with E-state index < -0.39 is 0 Å². The van der Waals surface area contributed by atoms with Gasteiger partial charge in [-0.25, -0.2) is 9.67 Å². The predicted octanol–water partition coefficient (Wildman–Crippen LogP) is 1.28. The lowest BCUT2D eigenvalue weighted by Gasteiger charge is -1.98. The molecule has 2 heterocycles. The summed E-state index contributed by atoms with van der Waals surface area (Å²) in [4.78, 5) is 4.18. The second kappa shape index (κ2) is 2.97. The summed E-state index contributed by atoms with van der Waals surface area (Å²) in [6.45, 7) is 3.92. The van der Waals surface area contributed by atoms with Crippen molar-refractivity contribution in [3.8, 4) is 5.82 Å². The zero-order valence-corrected chi connectivity index (χ0v) is 7.60. The van der Waals surface area contributed by atoms with Gasteiger partial charge in [0.2, 0.25) is 0 Å². The molecule has 0 aliphatic heterocycles. The highest BCUT2D eigenvalue weighted by molar-refractivity contribution is 5.25. The summed E-state index contributed by atoms with van der Waals surface area (Å²) in [6, 6.07) is 3.92. The van der Waals surface area contributed by atoms with Crippen LogP contribution >= 0.6 is 0 Å². The molecule has 13 heavy (non-hydrogen) atoms. The third kappa shape index (κ3) is 1.56. The average molecular weight is 174 g/mol. The van der Waals surface area contributed by atoms with Gasteiger partial charge in [-0.05, 0) is 31.5 Å². The smallest absolute Gasteiger partial charge is 0.155 e. The minimum Gasteiger partial charge on any atom is -0.237 e. The number of pyridine rings is 1. The van der Waals surface area contributed by atoms with Crippen molar-refractivity contribution < 1.29 is 0 Å². The van der Waals surface area contributed by atoms with E-state index in [0.717, 1.165) is 17.1 Å². The molecule has 0 atom stereocenters. The molecule has 0 aromatic carbocycles. The second-order valence-electron chi connectivity index (χ2n) is 3.00. The van der Waals surface area contributed by atoms with Crippen molar-refractivity contribution in [3.63, 3.8) is 0 Å². The maximum absolute atomic E-state index is 4.18. The van der Waals surface area contributed by atoms with E-state index in [0.29, 0.717) is 0 Å². The molecular formula is C9H10N4. The third-order valence-corrected chi connectivity index (χ3v) is 1.74. The normalized spacial score (nSPS) is 10.3. The molecule has 2 rings (SSSR count). The minimum atomic E-state index is 0.806. The van der Waals surface area contributed by atoms with Gasteiger partial charge in [0.25, 0.3) is 0 Å². The molecule has 0 aliphatic rings. The monoisotopic (exact) mass is 174 g/mol. The van der Waals surface area contributed by atoms with E-state index in [2.05, 4.69) is 15.3 Å². The summed E-state index contributed by atoms with van der Waals surface area (Å²) >= 11 is 0. The molecule has 0 saturated heterocycles. The molecule has 0 fully saturated rings. The van der Waals surface area contributed by atoms with E-state index in [1.807, 2.05) is 32.2 Å². The van der Waals surface area contributed by atoms with Gasteiger partial charge in [-0.15, -0.1) is 5.10 Å². The molecule has 2 aromatic rings. The van der Waals surface area contributed by atoms with Gasteiger partial charge < -0.3 is 0 Å². The molecule has 66 valence electrons. The Kier molecular flexibility index (Phi) is 1.81. The average Bonchev–Trinajstić information content (AvgIpc) is 2.52. The fourth-order valence-corrected chi connectivity index (χ4v) is 1.10. The van der Waals surface area contributed by atoms with Crippen LogP contribution in [-0.4, -0.2) is 20.0 Å². The van der Waals surface area contributed by atoms with E-state index in [4.69, 9.17) is 0 Å². The van der Waals surface area contributed by atoms with E-state index >= 15 is 0 Å². The highest BCUT2D eigenvalue weighted by Crippen LogP contribution is 2.04. The first kappa shape index (κ1) is 7.91. The topological polar surface area (TPSA) is 43.6 Å². The Morgan fingerprint density at radius 1 is 1.31 bits per heavy atom. The van der Waals surface area contributed by atoms with Crippen LogP contribution in [0.4, 0.5) is 0 Å². The number of hydrogen-bond donors (Lipinski definition) is 0. The lowest BCUT2D eigenvalue weighted by molar-refractivity contribution is 0.778. The van der Waals surface area contributed by atoms with Crippen LogP contribution in [0.2, 0.25) is 0 Å². The first-order chi connectivity index (χ1) is 6.25. The van der Waals surface area contributed by atoms with E-state index in [9.17, 15) is 0 Å². The summed E-state index contributed by atoms with van der Waals surface area (Å²) in [5, 5.41) is 7.83. The van der Waals surface area contributed by atoms with Gasteiger partial charge in [0.05, 0.1) is 11.9 Å². The van der Waals surface area contributed by atoms with Crippen LogP contribution in [0.25, 0.3) is 5.82 Å². The Hall–Kier alpha value is -1.71. The van der Waals surface area contributed by atoms with Gasteiger partial charge in [-0.1, -0.05) is 5.21 Å². The lowest BCUT2D eigenvalue weighted by atomic mass is 10.3. The van der Waals surface area contributed by atoms with Gasteiger partial charge in [-0.2, -0.15) is 0 Å². The van der Waals surface area contributed by atoms with Crippen LogP contribution in [0, 0.1) is 13.8 Å². The highest BCUT2D eigenvalue weighted by Gasteiger charge is 1.99. The van der Waals surface area contributed by atoms with Crippen molar-refractivity contribution in [1.29, 1.82) is 0 Å². The standard InChI is InChI=1S/C9H10N4/c1-7-3-4-10-9(5-7)13-6-8(2)11-12-13/h3-6H,1-2H3. The molecule has 2 aromatic heterocycles. The molecule has 4 nitrogen and oxygen atoms in total. The highest BCUT2D eigenvalue weighted by atomic mass is 15.4. The van der Waals surface area contributed by atoms with E-state index in [1.165, 1.54) is 0 Å². The van der Waals surface area contributed by atoms with Crippen LogP contribution in [0.15, 0.2) is 24.5 Å². The summed E-state index contributed by atoms with van der Waals surface area (Å²) < 4.78 is 1.67. The molecule has 0 spiro atoms. The van der Waals surface area contributed by atoms with Crippen LogP contribution < -0.4 is 0 Å². The molecule has 0 unspecified atom stereocenters. The lowest BCUT2D eigenvalue weighted by Crippen LogP contribution is -1.98. The maximum Gasteiger partial charge on any atom is 0.155 e. The van der Waals surface area contributed by atoms with Gasteiger partial charge >= 0.3 is 0 Å². The number of nitrogens with zero attached hydrogens (tertiary/aromatic N) is 4. The first-order valence-corrected chi connectivity index (χ1v) is 4.08. The number of rotatable bonds is 1. The zero-order chi connectivity index (χ0) is 9.26. The fourth-order valence-electron chi connectivity index (χ4n) is 1.10. The summed E-state index contributed by atoms with van der Waals surface area (Å²) in [5.41, 5.74) is 2.06.